The third-order valence-electron chi connectivity index (χ3n) is 2.18. The fourth-order valence-corrected chi connectivity index (χ4v) is 1.48. The zero-order valence-corrected chi connectivity index (χ0v) is 10.4. The number of halogens is 2. The van der Waals surface area contributed by atoms with Crippen LogP contribution in [-0.2, 0) is 6.54 Å². The average Bonchev–Trinajstić information content (AvgIpc) is 2.20. The molecule has 2 nitrogen and oxygen atoms in total. The predicted octanol–water partition coefficient (Wildman–Crippen LogP) is 2.45. The third kappa shape index (κ3) is 3.55. The number of benzene rings is 1. The van der Waals surface area contributed by atoms with Crippen molar-refractivity contribution in [1.82, 2.24) is 5.32 Å². The number of nitrogens with one attached hydrogen (secondary N) is 1. The first-order chi connectivity index (χ1) is 6.96. The fraction of sp³-hybridized carbons (Fsp3) is 0.455. The monoisotopic (exact) mass is 275 g/mol. The lowest BCUT2D eigenvalue weighted by Gasteiger charge is -2.23. The minimum Gasteiger partial charge on any atom is -0.394 e. The molecule has 15 heavy (non-hydrogen) atoms. The fourth-order valence-electron chi connectivity index (χ4n) is 1.08. The van der Waals surface area contributed by atoms with Crippen LogP contribution in [0.1, 0.15) is 19.4 Å². The quantitative estimate of drug-likeness (QED) is 0.885. The highest BCUT2D eigenvalue weighted by Crippen LogP contribution is 2.20. The topological polar surface area (TPSA) is 32.3 Å². The van der Waals surface area contributed by atoms with Crippen LogP contribution in [0, 0.1) is 5.82 Å². The molecule has 0 radical (unpaired) electrons. The van der Waals surface area contributed by atoms with Crippen molar-refractivity contribution in [2.24, 2.45) is 0 Å². The van der Waals surface area contributed by atoms with Crippen molar-refractivity contribution in [3.05, 3.63) is 34.1 Å². The molecule has 2 N–H and O–H groups in total. The molecule has 1 rings (SSSR count). The maximum atomic E-state index is 13.2. The van der Waals surface area contributed by atoms with Crippen LogP contribution >= 0.6 is 15.9 Å². The molecule has 0 bridgehead atoms. The van der Waals surface area contributed by atoms with Gasteiger partial charge in [-0.15, -0.1) is 0 Å². The summed E-state index contributed by atoms with van der Waals surface area (Å²) in [5.74, 6) is -0.267. The van der Waals surface area contributed by atoms with Crippen molar-refractivity contribution in [3.8, 4) is 0 Å². The Balaban J connectivity index is 2.70. The van der Waals surface area contributed by atoms with E-state index in [1.807, 2.05) is 19.9 Å². The van der Waals surface area contributed by atoms with E-state index in [2.05, 4.69) is 21.2 Å². The van der Waals surface area contributed by atoms with Crippen molar-refractivity contribution >= 4 is 15.9 Å². The molecule has 84 valence electrons. The van der Waals surface area contributed by atoms with E-state index >= 15 is 0 Å². The number of aliphatic hydroxyl groups is 1. The Morgan fingerprint density at radius 1 is 1.47 bits per heavy atom. The van der Waals surface area contributed by atoms with Crippen LogP contribution in [-0.4, -0.2) is 17.3 Å². The SMILES string of the molecule is CC(C)(CO)NCc1cccc(F)c1Br. The van der Waals surface area contributed by atoms with Crippen molar-refractivity contribution in [1.29, 1.82) is 0 Å². The first-order valence-corrected chi connectivity index (χ1v) is 5.54. The van der Waals surface area contributed by atoms with Crippen LogP contribution in [0.25, 0.3) is 0 Å². The molecule has 0 fully saturated rings. The molecule has 0 aliphatic rings. The minimum absolute atomic E-state index is 0.0416. The molecule has 0 heterocycles. The normalized spacial score (nSPS) is 11.8. The van der Waals surface area contributed by atoms with Gasteiger partial charge in [0.2, 0.25) is 0 Å². The van der Waals surface area contributed by atoms with E-state index in [4.69, 9.17) is 5.11 Å². The second kappa shape index (κ2) is 5.05. The molecule has 1 aromatic rings. The molecule has 1 aromatic carbocycles. The molecule has 0 amide bonds. The largest absolute Gasteiger partial charge is 0.394 e. The van der Waals surface area contributed by atoms with Crippen LogP contribution in [0.4, 0.5) is 4.39 Å². The maximum absolute atomic E-state index is 13.2. The molecule has 4 heteroatoms. The van der Waals surface area contributed by atoms with Gasteiger partial charge in [-0.1, -0.05) is 12.1 Å². The molecule has 0 atom stereocenters. The van der Waals surface area contributed by atoms with Gasteiger partial charge >= 0.3 is 0 Å². The van der Waals surface area contributed by atoms with Crippen LogP contribution in [0.5, 0.6) is 0 Å². The summed E-state index contributed by atoms with van der Waals surface area (Å²) in [7, 11) is 0. The minimum atomic E-state index is -0.355. The van der Waals surface area contributed by atoms with E-state index in [-0.39, 0.29) is 18.0 Å². The lowest BCUT2D eigenvalue weighted by Crippen LogP contribution is -2.42. The van der Waals surface area contributed by atoms with E-state index in [0.717, 1.165) is 5.56 Å². The van der Waals surface area contributed by atoms with Crippen LogP contribution in [0.15, 0.2) is 22.7 Å². The Bertz CT molecular complexity index is 341. The Hall–Kier alpha value is -0.450. The summed E-state index contributed by atoms with van der Waals surface area (Å²) < 4.78 is 13.6. The summed E-state index contributed by atoms with van der Waals surface area (Å²) in [6.07, 6.45) is 0. The highest BCUT2D eigenvalue weighted by atomic mass is 79.9. The molecule has 0 unspecified atom stereocenters. The lowest BCUT2D eigenvalue weighted by atomic mass is 10.1. The van der Waals surface area contributed by atoms with Gasteiger partial charge in [0, 0.05) is 12.1 Å². The van der Waals surface area contributed by atoms with Gasteiger partial charge in [0.25, 0.3) is 0 Å². The highest BCUT2D eigenvalue weighted by molar-refractivity contribution is 9.10. The summed E-state index contributed by atoms with van der Waals surface area (Å²) in [6, 6.07) is 4.92. The highest BCUT2D eigenvalue weighted by Gasteiger charge is 2.15. The van der Waals surface area contributed by atoms with E-state index < -0.39 is 0 Å². The van der Waals surface area contributed by atoms with Gasteiger partial charge in [0.15, 0.2) is 0 Å². The van der Waals surface area contributed by atoms with Gasteiger partial charge in [-0.2, -0.15) is 0 Å². The van der Waals surface area contributed by atoms with E-state index in [9.17, 15) is 4.39 Å². The molecular formula is C11H15BrFNO. The Morgan fingerprint density at radius 2 is 2.13 bits per heavy atom. The van der Waals surface area contributed by atoms with Crippen molar-refractivity contribution < 1.29 is 9.50 Å². The van der Waals surface area contributed by atoms with Crippen molar-refractivity contribution in [2.45, 2.75) is 25.9 Å². The predicted molar refractivity (Wildman–Crippen MR) is 62.1 cm³/mol. The van der Waals surface area contributed by atoms with Crippen molar-refractivity contribution in [3.63, 3.8) is 0 Å². The standard InChI is InChI=1S/C11H15BrFNO/c1-11(2,7-15)14-6-8-4-3-5-9(13)10(8)12/h3-5,14-15H,6-7H2,1-2H3. The van der Waals surface area contributed by atoms with Crippen molar-refractivity contribution in [2.75, 3.05) is 6.61 Å². The summed E-state index contributed by atoms with van der Waals surface area (Å²) in [4.78, 5) is 0. The zero-order valence-electron chi connectivity index (χ0n) is 8.85. The summed E-state index contributed by atoms with van der Waals surface area (Å²) in [6.45, 7) is 4.34. The average molecular weight is 276 g/mol. The molecular weight excluding hydrogens is 261 g/mol. The number of hydrogen-bond donors (Lipinski definition) is 2. The third-order valence-corrected chi connectivity index (χ3v) is 3.07. The number of rotatable bonds is 4. The van der Waals surface area contributed by atoms with Gasteiger partial charge in [-0.3, -0.25) is 0 Å². The van der Waals surface area contributed by atoms with Gasteiger partial charge in [0.05, 0.1) is 11.1 Å². The smallest absolute Gasteiger partial charge is 0.137 e. The lowest BCUT2D eigenvalue weighted by molar-refractivity contribution is 0.187. The Morgan fingerprint density at radius 3 is 2.73 bits per heavy atom. The van der Waals surface area contributed by atoms with Crippen LogP contribution in [0.2, 0.25) is 0 Å². The van der Waals surface area contributed by atoms with E-state index in [0.29, 0.717) is 11.0 Å². The Kier molecular flexibility index (Phi) is 4.25. The second-order valence-electron chi connectivity index (χ2n) is 4.11. The van der Waals surface area contributed by atoms with Gasteiger partial charge in [-0.25, -0.2) is 4.39 Å². The summed E-state index contributed by atoms with van der Waals surface area (Å²) >= 11 is 3.19. The number of hydrogen-bond acceptors (Lipinski definition) is 2. The van der Waals surface area contributed by atoms with E-state index in [1.54, 1.807) is 6.07 Å². The molecule has 0 aliphatic heterocycles. The zero-order chi connectivity index (χ0) is 11.5. The van der Waals surface area contributed by atoms with E-state index in [1.165, 1.54) is 6.07 Å². The molecule has 0 aliphatic carbocycles. The Labute approximate surface area is 97.6 Å². The molecule has 0 saturated carbocycles. The first-order valence-electron chi connectivity index (χ1n) is 4.75. The molecule has 0 spiro atoms. The summed E-state index contributed by atoms with van der Waals surface area (Å²) in [5, 5.41) is 12.2. The van der Waals surface area contributed by atoms with Crippen LogP contribution < -0.4 is 5.32 Å². The maximum Gasteiger partial charge on any atom is 0.137 e. The second-order valence-corrected chi connectivity index (χ2v) is 4.90. The van der Waals surface area contributed by atoms with Crippen LogP contribution in [0.3, 0.4) is 0 Å². The molecule has 0 saturated heterocycles. The van der Waals surface area contributed by atoms with Gasteiger partial charge in [-0.05, 0) is 41.4 Å². The van der Waals surface area contributed by atoms with Gasteiger partial charge < -0.3 is 10.4 Å². The number of aliphatic hydroxyl groups excluding tert-OH is 1. The molecule has 0 aromatic heterocycles. The first kappa shape index (κ1) is 12.6. The summed E-state index contributed by atoms with van der Waals surface area (Å²) in [5.41, 5.74) is 0.489. The van der Waals surface area contributed by atoms with Gasteiger partial charge in [0.1, 0.15) is 5.82 Å².